The predicted octanol–water partition coefficient (Wildman–Crippen LogP) is 3.01. The zero-order valence-corrected chi connectivity index (χ0v) is 13.2. The molecule has 2 unspecified atom stereocenters. The molecule has 0 saturated carbocycles. The Kier molecular flexibility index (Phi) is 5.88. The first kappa shape index (κ1) is 16.1. The van der Waals surface area contributed by atoms with Gasteiger partial charge in [-0.15, -0.1) is 0 Å². The summed E-state index contributed by atoms with van der Waals surface area (Å²) in [6, 6.07) is 5.42. The molecule has 4 nitrogen and oxygen atoms in total. The summed E-state index contributed by atoms with van der Waals surface area (Å²) in [6.45, 7) is 7.61. The molecule has 1 heterocycles. The minimum atomic E-state index is 0.0379. The van der Waals surface area contributed by atoms with Crippen LogP contribution in [0.25, 0.3) is 0 Å². The Bertz CT molecular complexity index is 450. The fraction of sp³-hybridized carbons (Fsp3) is 0.647. The van der Waals surface area contributed by atoms with Crippen molar-refractivity contribution in [2.75, 3.05) is 19.6 Å². The van der Waals surface area contributed by atoms with Crippen molar-refractivity contribution in [2.24, 2.45) is 0 Å². The van der Waals surface area contributed by atoms with E-state index in [4.69, 9.17) is 0 Å². The molecule has 0 radical (unpaired) electrons. The number of piperidine rings is 1. The molecule has 0 amide bonds. The van der Waals surface area contributed by atoms with Gasteiger partial charge in [-0.2, -0.15) is 0 Å². The SMILES string of the molecule is CC(NCCCN1CCCCC1C)c1cc(O)ccc1O. The highest BCUT2D eigenvalue weighted by atomic mass is 16.3. The lowest BCUT2D eigenvalue weighted by Gasteiger charge is -2.33. The van der Waals surface area contributed by atoms with Crippen molar-refractivity contribution >= 4 is 0 Å². The molecule has 0 aromatic heterocycles. The summed E-state index contributed by atoms with van der Waals surface area (Å²) < 4.78 is 0. The fourth-order valence-electron chi connectivity index (χ4n) is 3.09. The maximum Gasteiger partial charge on any atom is 0.120 e. The van der Waals surface area contributed by atoms with E-state index < -0.39 is 0 Å². The lowest BCUT2D eigenvalue weighted by molar-refractivity contribution is 0.158. The molecule has 21 heavy (non-hydrogen) atoms. The molecule has 0 aliphatic carbocycles. The normalized spacial score (nSPS) is 21.3. The van der Waals surface area contributed by atoms with Crippen molar-refractivity contribution in [3.05, 3.63) is 23.8 Å². The molecular weight excluding hydrogens is 264 g/mol. The number of rotatable bonds is 6. The minimum Gasteiger partial charge on any atom is -0.508 e. The first-order valence-corrected chi connectivity index (χ1v) is 8.07. The summed E-state index contributed by atoms with van der Waals surface area (Å²) in [5, 5.41) is 22.8. The molecule has 2 atom stereocenters. The van der Waals surface area contributed by atoms with Gasteiger partial charge < -0.3 is 20.4 Å². The third-order valence-electron chi connectivity index (χ3n) is 4.49. The number of phenols is 2. The average molecular weight is 292 g/mol. The molecule has 1 aromatic carbocycles. The number of benzene rings is 1. The topological polar surface area (TPSA) is 55.7 Å². The predicted molar refractivity (Wildman–Crippen MR) is 85.7 cm³/mol. The van der Waals surface area contributed by atoms with E-state index in [-0.39, 0.29) is 17.5 Å². The van der Waals surface area contributed by atoms with Crippen molar-refractivity contribution in [1.82, 2.24) is 10.2 Å². The quantitative estimate of drug-likeness (QED) is 0.557. The number of phenolic OH excluding ortho intramolecular Hbond substituents is 2. The highest BCUT2D eigenvalue weighted by molar-refractivity contribution is 5.40. The van der Waals surface area contributed by atoms with Gasteiger partial charge in [0.2, 0.25) is 0 Å². The molecule has 1 aliphatic heterocycles. The third kappa shape index (κ3) is 4.61. The van der Waals surface area contributed by atoms with E-state index in [1.165, 1.54) is 37.9 Å². The van der Waals surface area contributed by atoms with Gasteiger partial charge in [-0.1, -0.05) is 6.42 Å². The summed E-state index contributed by atoms with van der Waals surface area (Å²) >= 11 is 0. The third-order valence-corrected chi connectivity index (χ3v) is 4.49. The Balaban J connectivity index is 1.74. The van der Waals surface area contributed by atoms with Gasteiger partial charge in [0.1, 0.15) is 11.5 Å². The zero-order chi connectivity index (χ0) is 15.2. The van der Waals surface area contributed by atoms with Crippen molar-refractivity contribution in [1.29, 1.82) is 0 Å². The fourth-order valence-corrected chi connectivity index (χ4v) is 3.09. The van der Waals surface area contributed by atoms with E-state index in [1.807, 2.05) is 6.92 Å². The maximum absolute atomic E-state index is 9.84. The number of likely N-dealkylation sites (tertiary alicyclic amines) is 1. The highest BCUT2D eigenvalue weighted by Crippen LogP contribution is 2.27. The van der Waals surface area contributed by atoms with Gasteiger partial charge in [0.05, 0.1) is 0 Å². The molecule has 1 aliphatic rings. The van der Waals surface area contributed by atoms with E-state index in [0.29, 0.717) is 6.04 Å². The Morgan fingerprint density at radius 2 is 2.14 bits per heavy atom. The van der Waals surface area contributed by atoms with E-state index in [1.54, 1.807) is 6.07 Å². The second-order valence-electron chi connectivity index (χ2n) is 6.15. The van der Waals surface area contributed by atoms with Crippen molar-refractivity contribution in [3.63, 3.8) is 0 Å². The van der Waals surface area contributed by atoms with Crippen LogP contribution in [-0.4, -0.2) is 40.8 Å². The monoisotopic (exact) mass is 292 g/mol. The van der Waals surface area contributed by atoms with Gasteiger partial charge in [-0.3, -0.25) is 0 Å². The highest BCUT2D eigenvalue weighted by Gasteiger charge is 2.17. The van der Waals surface area contributed by atoms with Gasteiger partial charge in [0, 0.05) is 17.6 Å². The molecule has 0 spiro atoms. The van der Waals surface area contributed by atoms with E-state index in [9.17, 15) is 10.2 Å². The van der Waals surface area contributed by atoms with Crippen molar-refractivity contribution < 1.29 is 10.2 Å². The van der Waals surface area contributed by atoms with Crippen LogP contribution in [0.3, 0.4) is 0 Å². The van der Waals surface area contributed by atoms with Gasteiger partial charge >= 0.3 is 0 Å². The molecule has 118 valence electrons. The number of hydrogen-bond donors (Lipinski definition) is 3. The molecule has 1 saturated heterocycles. The molecule has 1 aromatic rings. The van der Waals surface area contributed by atoms with Crippen LogP contribution in [0.4, 0.5) is 0 Å². The van der Waals surface area contributed by atoms with Gasteiger partial charge in [-0.05, 0) is 70.9 Å². The molecule has 3 N–H and O–H groups in total. The summed E-state index contributed by atoms with van der Waals surface area (Å²) in [5.74, 6) is 0.427. The van der Waals surface area contributed by atoms with Crippen LogP contribution in [0.1, 0.15) is 51.1 Å². The Morgan fingerprint density at radius 1 is 1.33 bits per heavy atom. The number of hydrogen-bond acceptors (Lipinski definition) is 4. The van der Waals surface area contributed by atoms with Crippen LogP contribution in [-0.2, 0) is 0 Å². The van der Waals surface area contributed by atoms with Crippen LogP contribution in [0.5, 0.6) is 11.5 Å². The average Bonchev–Trinajstić information content (AvgIpc) is 2.47. The number of aromatic hydroxyl groups is 2. The molecule has 0 bridgehead atoms. The lowest BCUT2D eigenvalue weighted by Crippen LogP contribution is -2.39. The van der Waals surface area contributed by atoms with Crippen LogP contribution >= 0.6 is 0 Å². The molecule has 4 heteroatoms. The van der Waals surface area contributed by atoms with Crippen LogP contribution in [0, 0.1) is 0 Å². The van der Waals surface area contributed by atoms with Crippen molar-refractivity contribution in [3.8, 4) is 11.5 Å². The summed E-state index contributed by atoms with van der Waals surface area (Å²) in [7, 11) is 0. The zero-order valence-electron chi connectivity index (χ0n) is 13.2. The Morgan fingerprint density at radius 3 is 2.90 bits per heavy atom. The van der Waals surface area contributed by atoms with E-state index in [2.05, 4.69) is 17.1 Å². The molecular formula is C17H28N2O2. The largest absolute Gasteiger partial charge is 0.508 e. The van der Waals surface area contributed by atoms with Gasteiger partial charge in [0.25, 0.3) is 0 Å². The first-order chi connectivity index (χ1) is 10.1. The molecule has 1 fully saturated rings. The summed E-state index contributed by atoms with van der Waals surface area (Å²) in [5.41, 5.74) is 0.751. The van der Waals surface area contributed by atoms with Crippen LogP contribution < -0.4 is 5.32 Å². The standard InChI is InChI=1S/C17H28N2O2/c1-13-6-3-4-10-19(13)11-5-9-18-14(2)16-12-15(20)7-8-17(16)21/h7-8,12-14,18,20-21H,3-6,9-11H2,1-2H3. The van der Waals surface area contributed by atoms with Gasteiger partial charge in [-0.25, -0.2) is 0 Å². The smallest absolute Gasteiger partial charge is 0.120 e. The lowest BCUT2D eigenvalue weighted by atomic mass is 10.0. The minimum absolute atomic E-state index is 0.0379. The van der Waals surface area contributed by atoms with Crippen molar-refractivity contribution in [2.45, 2.75) is 51.6 Å². The van der Waals surface area contributed by atoms with Crippen LogP contribution in [0.15, 0.2) is 18.2 Å². The number of nitrogens with one attached hydrogen (secondary N) is 1. The Labute approximate surface area is 127 Å². The Hall–Kier alpha value is -1.26. The van der Waals surface area contributed by atoms with Gasteiger partial charge in [0.15, 0.2) is 0 Å². The second-order valence-corrected chi connectivity index (χ2v) is 6.15. The second kappa shape index (κ2) is 7.66. The van der Waals surface area contributed by atoms with E-state index in [0.717, 1.165) is 25.1 Å². The van der Waals surface area contributed by atoms with Crippen LogP contribution in [0.2, 0.25) is 0 Å². The first-order valence-electron chi connectivity index (χ1n) is 8.07. The van der Waals surface area contributed by atoms with E-state index >= 15 is 0 Å². The molecule has 2 rings (SSSR count). The maximum atomic E-state index is 9.84. The number of nitrogens with zero attached hydrogens (tertiary/aromatic N) is 1. The summed E-state index contributed by atoms with van der Waals surface area (Å²) in [6.07, 6.45) is 5.12. The summed E-state index contributed by atoms with van der Waals surface area (Å²) in [4.78, 5) is 2.57.